The van der Waals surface area contributed by atoms with Crippen LogP contribution >= 0.6 is 35.4 Å². The minimum atomic E-state index is -0.588. The Bertz CT molecular complexity index is 894. The van der Waals surface area contributed by atoms with Gasteiger partial charge in [-0.15, -0.1) is 0 Å². The Labute approximate surface area is 169 Å². The first-order chi connectivity index (χ1) is 12.8. The Kier molecular flexibility index (Phi) is 7.17. The fraction of sp³-hybridized carbons (Fsp3) is 0.125. The normalized spacial score (nSPS) is 10.0. The Morgan fingerprint density at radius 1 is 1.22 bits per heavy atom. The van der Waals surface area contributed by atoms with E-state index in [2.05, 4.69) is 10.6 Å². The lowest BCUT2D eigenvalue weighted by atomic mass is 10.2. The van der Waals surface area contributed by atoms with Gasteiger partial charge >= 0.3 is 5.69 Å². The summed E-state index contributed by atoms with van der Waals surface area (Å²) in [7, 11) is 1.33. The highest BCUT2D eigenvalue weighted by atomic mass is 35.5. The number of thiocarbonyl (C=S) groups is 1. The lowest BCUT2D eigenvalue weighted by molar-refractivity contribution is -0.385. The lowest BCUT2D eigenvalue weighted by Gasteiger charge is -2.11. The number of methoxy groups -OCH3 is 1. The van der Waals surface area contributed by atoms with Gasteiger partial charge in [-0.3, -0.25) is 20.2 Å². The maximum atomic E-state index is 11.9. The number of hydrogen-bond donors (Lipinski definition) is 2. The molecule has 0 spiro atoms. The summed E-state index contributed by atoms with van der Waals surface area (Å²) in [5.74, 6) is -0.142. The molecular formula is C16H13Cl2N3O5S. The Morgan fingerprint density at radius 3 is 2.56 bits per heavy atom. The average Bonchev–Trinajstić information content (AvgIpc) is 2.60. The predicted octanol–water partition coefficient (Wildman–Crippen LogP) is 3.80. The van der Waals surface area contributed by atoms with Gasteiger partial charge in [0.25, 0.3) is 5.91 Å². The van der Waals surface area contributed by atoms with Crippen molar-refractivity contribution in [3.05, 3.63) is 56.6 Å². The van der Waals surface area contributed by atoms with Gasteiger partial charge in [-0.05, 0) is 42.5 Å². The van der Waals surface area contributed by atoms with Crippen LogP contribution in [0.15, 0.2) is 36.4 Å². The SMILES string of the molecule is COc1ccc(NC(=S)NC(=O)COc2ccc(Cl)cc2Cl)cc1[N+](=O)[O-]. The van der Waals surface area contributed by atoms with Crippen molar-refractivity contribution in [3.8, 4) is 11.5 Å². The second kappa shape index (κ2) is 9.36. The number of hydrogen-bond acceptors (Lipinski definition) is 6. The zero-order valence-corrected chi connectivity index (χ0v) is 16.2. The number of nitro groups is 1. The van der Waals surface area contributed by atoms with Gasteiger partial charge in [0.1, 0.15) is 5.75 Å². The van der Waals surface area contributed by atoms with Crippen LogP contribution in [0.25, 0.3) is 0 Å². The summed E-state index contributed by atoms with van der Waals surface area (Å²) in [6.45, 7) is -0.341. The van der Waals surface area contributed by atoms with E-state index < -0.39 is 10.8 Å². The maximum Gasteiger partial charge on any atom is 0.312 e. The van der Waals surface area contributed by atoms with Gasteiger partial charge in [0, 0.05) is 16.8 Å². The van der Waals surface area contributed by atoms with Gasteiger partial charge in [-0.25, -0.2) is 0 Å². The molecule has 0 atom stereocenters. The van der Waals surface area contributed by atoms with Crippen molar-refractivity contribution < 1.29 is 19.2 Å². The zero-order valence-electron chi connectivity index (χ0n) is 13.8. The van der Waals surface area contributed by atoms with E-state index in [1.807, 2.05) is 0 Å². The van der Waals surface area contributed by atoms with E-state index in [4.69, 9.17) is 44.9 Å². The third-order valence-corrected chi connectivity index (χ3v) is 3.87. The Hall–Kier alpha value is -2.62. The lowest BCUT2D eigenvalue weighted by Crippen LogP contribution is -2.37. The van der Waals surface area contributed by atoms with E-state index in [9.17, 15) is 14.9 Å². The van der Waals surface area contributed by atoms with Crippen LogP contribution in [0.4, 0.5) is 11.4 Å². The minimum absolute atomic E-state index is 0.0507. The van der Waals surface area contributed by atoms with Crippen molar-refractivity contribution in [3.63, 3.8) is 0 Å². The first kappa shape index (κ1) is 20.7. The average molecular weight is 430 g/mol. The molecule has 0 saturated carbocycles. The number of anilines is 1. The van der Waals surface area contributed by atoms with Crippen LogP contribution in [0.2, 0.25) is 10.0 Å². The second-order valence-corrected chi connectivity index (χ2v) is 6.26. The molecule has 0 unspecified atom stereocenters. The number of carbonyl (C=O) groups excluding carboxylic acids is 1. The molecule has 2 aromatic rings. The van der Waals surface area contributed by atoms with E-state index in [-0.39, 0.29) is 28.2 Å². The number of halogens is 2. The third kappa shape index (κ3) is 5.95. The van der Waals surface area contributed by atoms with Gasteiger partial charge < -0.3 is 14.8 Å². The molecule has 2 rings (SSSR count). The number of ether oxygens (including phenoxy) is 2. The van der Waals surface area contributed by atoms with Crippen LogP contribution in [0.5, 0.6) is 11.5 Å². The highest BCUT2D eigenvalue weighted by Crippen LogP contribution is 2.29. The molecule has 0 aromatic heterocycles. The number of nitrogens with one attached hydrogen (secondary N) is 2. The quantitative estimate of drug-likeness (QED) is 0.408. The van der Waals surface area contributed by atoms with Crippen LogP contribution in [-0.4, -0.2) is 29.7 Å². The molecule has 0 fully saturated rings. The van der Waals surface area contributed by atoms with Crippen molar-refractivity contribution in [2.75, 3.05) is 19.0 Å². The molecule has 0 heterocycles. The number of rotatable bonds is 6. The molecule has 142 valence electrons. The van der Waals surface area contributed by atoms with Crippen molar-refractivity contribution >= 4 is 57.8 Å². The second-order valence-electron chi connectivity index (χ2n) is 5.01. The van der Waals surface area contributed by atoms with E-state index in [1.54, 1.807) is 6.07 Å². The molecule has 1 amide bonds. The number of carbonyl (C=O) groups is 1. The Balaban J connectivity index is 1.92. The summed E-state index contributed by atoms with van der Waals surface area (Å²) in [5.41, 5.74) is 0.0757. The van der Waals surface area contributed by atoms with Crippen molar-refractivity contribution in [2.45, 2.75) is 0 Å². The van der Waals surface area contributed by atoms with Gasteiger partial charge in [0.15, 0.2) is 17.5 Å². The zero-order chi connectivity index (χ0) is 20.0. The molecule has 0 saturated heterocycles. The fourth-order valence-electron chi connectivity index (χ4n) is 1.97. The summed E-state index contributed by atoms with van der Waals surface area (Å²) < 4.78 is 10.2. The summed E-state index contributed by atoms with van der Waals surface area (Å²) >= 11 is 16.7. The van der Waals surface area contributed by atoms with Gasteiger partial charge in [0.2, 0.25) is 0 Å². The number of amides is 1. The highest BCUT2D eigenvalue weighted by Gasteiger charge is 2.16. The van der Waals surface area contributed by atoms with Crippen LogP contribution < -0.4 is 20.1 Å². The topological polar surface area (TPSA) is 103 Å². The molecule has 0 bridgehead atoms. The fourth-order valence-corrected chi connectivity index (χ4v) is 2.67. The van der Waals surface area contributed by atoms with Crippen LogP contribution in [-0.2, 0) is 4.79 Å². The van der Waals surface area contributed by atoms with Gasteiger partial charge in [-0.2, -0.15) is 0 Å². The molecule has 0 radical (unpaired) electrons. The van der Waals surface area contributed by atoms with E-state index in [0.29, 0.717) is 16.5 Å². The molecule has 0 aliphatic carbocycles. The minimum Gasteiger partial charge on any atom is -0.490 e. The van der Waals surface area contributed by atoms with Crippen molar-refractivity contribution in [1.29, 1.82) is 0 Å². The monoisotopic (exact) mass is 429 g/mol. The number of nitro benzene ring substituents is 1. The molecule has 8 nitrogen and oxygen atoms in total. The van der Waals surface area contributed by atoms with E-state index in [1.165, 1.54) is 37.4 Å². The molecule has 0 aliphatic heterocycles. The number of nitrogens with zero attached hydrogens (tertiary/aromatic N) is 1. The molecule has 2 N–H and O–H groups in total. The first-order valence-electron chi connectivity index (χ1n) is 7.31. The molecule has 2 aromatic carbocycles. The van der Waals surface area contributed by atoms with Crippen LogP contribution in [0.3, 0.4) is 0 Å². The molecular weight excluding hydrogens is 417 g/mol. The summed E-state index contributed by atoms with van der Waals surface area (Å²) in [5, 5.41) is 16.7. The first-order valence-corrected chi connectivity index (χ1v) is 8.47. The number of benzene rings is 2. The van der Waals surface area contributed by atoms with Crippen molar-refractivity contribution in [2.24, 2.45) is 0 Å². The molecule has 27 heavy (non-hydrogen) atoms. The van der Waals surface area contributed by atoms with Crippen molar-refractivity contribution in [1.82, 2.24) is 5.32 Å². The maximum absolute atomic E-state index is 11.9. The van der Waals surface area contributed by atoms with Gasteiger partial charge in [-0.1, -0.05) is 23.2 Å². The smallest absolute Gasteiger partial charge is 0.312 e. The van der Waals surface area contributed by atoms with Crippen LogP contribution in [0.1, 0.15) is 0 Å². The summed E-state index contributed by atoms with van der Waals surface area (Å²) in [6, 6.07) is 8.76. The predicted molar refractivity (Wildman–Crippen MR) is 106 cm³/mol. The van der Waals surface area contributed by atoms with E-state index >= 15 is 0 Å². The largest absolute Gasteiger partial charge is 0.490 e. The van der Waals surface area contributed by atoms with E-state index in [0.717, 1.165) is 0 Å². The van der Waals surface area contributed by atoms with Gasteiger partial charge in [0.05, 0.1) is 17.1 Å². The summed E-state index contributed by atoms with van der Waals surface area (Å²) in [4.78, 5) is 22.3. The van der Waals surface area contributed by atoms with Crippen LogP contribution in [0, 0.1) is 10.1 Å². The highest BCUT2D eigenvalue weighted by molar-refractivity contribution is 7.80. The molecule has 0 aliphatic rings. The molecule has 11 heteroatoms. The standard InChI is InChI=1S/C16H13Cl2N3O5S/c1-25-14-5-3-10(7-12(14)21(23)24)19-16(27)20-15(22)8-26-13-4-2-9(17)6-11(13)18/h2-7H,8H2,1H3,(H2,19,20,22,27). The Morgan fingerprint density at radius 2 is 1.93 bits per heavy atom. The third-order valence-electron chi connectivity index (χ3n) is 3.14. The summed E-state index contributed by atoms with van der Waals surface area (Å²) in [6.07, 6.45) is 0.